The minimum Gasteiger partial charge on any atom is -0.341 e. The number of rotatable bonds is 3. The van der Waals surface area contributed by atoms with Gasteiger partial charge in [-0.05, 0) is 26.2 Å². The second kappa shape index (κ2) is 5.50. The van der Waals surface area contributed by atoms with Gasteiger partial charge in [0.2, 0.25) is 11.8 Å². The van der Waals surface area contributed by atoms with Crippen LogP contribution in [0.2, 0.25) is 0 Å². The molecule has 1 saturated heterocycles. The fraction of sp³-hybridized carbons (Fsp3) is 0.667. The van der Waals surface area contributed by atoms with Gasteiger partial charge >= 0.3 is 0 Å². The number of aryl methyl sites for hydroxylation is 2. The summed E-state index contributed by atoms with van der Waals surface area (Å²) in [6.07, 6.45) is 3.17. The lowest BCUT2D eigenvalue weighted by atomic mass is 10.1. The molecule has 2 aliphatic heterocycles. The first-order chi connectivity index (χ1) is 10.1. The second-order valence-corrected chi connectivity index (χ2v) is 5.84. The number of amides is 2. The van der Waals surface area contributed by atoms with E-state index in [1.54, 1.807) is 4.90 Å². The first-order valence-electron chi connectivity index (χ1n) is 7.77. The Labute approximate surface area is 124 Å². The van der Waals surface area contributed by atoms with Crippen molar-refractivity contribution in [1.29, 1.82) is 0 Å². The summed E-state index contributed by atoms with van der Waals surface area (Å²) < 4.78 is 1.84. The molecule has 2 amide bonds. The van der Waals surface area contributed by atoms with Gasteiger partial charge in [-0.25, -0.2) is 4.68 Å². The summed E-state index contributed by atoms with van der Waals surface area (Å²) >= 11 is 0. The molecule has 6 nitrogen and oxygen atoms in total. The molecule has 3 heterocycles. The van der Waals surface area contributed by atoms with E-state index in [4.69, 9.17) is 0 Å². The number of hydrogen-bond donors (Lipinski definition) is 0. The van der Waals surface area contributed by atoms with Gasteiger partial charge in [0.05, 0.1) is 12.2 Å². The predicted octanol–water partition coefficient (Wildman–Crippen LogP) is 1.33. The highest BCUT2D eigenvalue weighted by atomic mass is 16.2. The van der Waals surface area contributed by atoms with E-state index in [-0.39, 0.29) is 11.8 Å². The summed E-state index contributed by atoms with van der Waals surface area (Å²) in [4.78, 5) is 28.7. The van der Waals surface area contributed by atoms with Gasteiger partial charge in [0.25, 0.3) is 0 Å². The number of likely N-dealkylation sites (tertiary alicyclic amines) is 1. The fourth-order valence-electron chi connectivity index (χ4n) is 3.29. The summed E-state index contributed by atoms with van der Waals surface area (Å²) in [7, 11) is 0. The molecule has 1 fully saturated rings. The third-order valence-electron chi connectivity index (χ3n) is 4.34. The lowest BCUT2D eigenvalue weighted by Gasteiger charge is -2.35. The van der Waals surface area contributed by atoms with Crippen molar-refractivity contribution >= 4 is 17.6 Å². The third kappa shape index (κ3) is 2.43. The number of nitrogens with zero attached hydrogens (tertiary/aromatic N) is 4. The highest BCUT2D eigenvalue weighted by Crippen LogP contribution is 2.27. The molecule has 0 N–H and O–H groups in total. The topological polar surface area (TPSA) is 58.4 Å². The first kappa shape index (κ1) is 14.1. The molecule has 21 heavy (non-hydrogen) atoms. The van der Waals surface area contributed by atoms with Crippen molar-refractivity contribution < 1.29 is 9.59 Å². The molecule has 3 rings (SSSR count). The van der Waals surface area contributed by atoms with E-state index in [0.717, 1.165) is 37.4 Å². The zero-order valence-corrected chi connectivity index (χ0v) is 12.7. The Morgan fingerprint density at radius 2 is 2.05 bits per heavy atom. The quantitative estimate of drug-likeness (QED) is 0.844. The van der Waals surface area contributed by atoms with E-state index in [2.05, 4.69) is 5.10 Å². The molecule has 1 atom stereocenters. The highest BCUT2D eigenvalue weighted by Gasteiger charge is 2.37. The molecular formula is C15H22N4O2. The largest absolute Gasteiger partial charge is 0.341 e. The highest BCUT2D eigenvalue weighted by molar-refractivity contribution is 6.01. The van der Waals surface area contributed by atoms with Crippen molar-refractivity contribution in [2.45, 2.75) is 52.1 Å². The van der Waals surface area contributed by atoms with E-state index >= 15 is 0 Å². The average Bonchev–Trinajstić information content (AvgIpc) is 3.10. The predicted molar refractivity (Wildman–Crippen MR) is 79.0 cm³/mol. The van der Waals surface area contributed by atoms with Crippen LogP contribution in [0.1, 0.15) is 38.3 Å². The van der Waals surface area contributed by atoms with Gasteiger partial charge in [0.1, 0.15) is 11.9 Å². The van der Waals surface area contributed by atoms with E-state index in [9.17, 15) is 9.59 Å². The van der Waals surface area contributed by atoms with Gasteiger partial charge in [-0.1, -0.05) is 6.92 Å². The Bertz CT molecular complexity index is 560. The minimum atomic E-state index is -0.397. The molecular weight excluding hydrogens is 268 g/mol. The SMILES string of the molecule is CC[C@@H](C(=O)N1CCCC1)N1C(=O)CCn2nc(C)cc21. The molecule has 0 bridgehead atoms. The molecule has 0 aromatic carbocycles. The number of anilines is 1. The number of carbonyl (C=O) groups excluding carboxylic acids is 2. The van der Waals surface area contributed by atoms with E-state index in [1.165, 1.54) is 0 Å². The molecule has 0 unspecified atom stereocenters. The van der Waals surface area contributed by atoms with Crippen molar-refractivity contribution in [2.75, 3.05) is 18.0 Å². The smallest absolute Gasteiger partial charge is 0.245 e. The maximum Gasteiger partial charge on any atom is 0.245 e. The van der Waals surface area contributed by atoms with Crippen LogP contribution in [0, 0.1) is 6.92 Å². The van der Waals surface area contributed by atoms with Crippen LogP contribution in [0.15, 0.2) is 6.07 Å². The Hall–Kier alpha value is -1.85. The van der Waals surface area contributed by atoms with E-state index in [0.29, 0.717) is 19.4 Å². The van der Waals surface area contributed by atoms with Crippen LogP contribution in [0.4, 0.5) is 5.82 Å². The van der Waals surface area contributed by atoms with Crippen LogP contribution < -0.4 is 4.90 Å². The monoisotopic (exact) mass is 290 g/mol. The summed E-state index contributed by atoms with van der Waals surface area (Å²) in [5.74, 6) is 0.876. The van der Waals surface area contributed by atoms with E-state index in [1.807, 2.05) is 29.5 Å². The molecule has 2 aliphatic rings. The maximum atomic E-state index is 12.7. The lowest BCUT2D eigenvalue weighted by molar-refractivity contribution is -0.134. The molecule has 0 saturated carbocycles. The van der Waals surface area contributed by atoms with Gasteiger partial charge < -0.3 is 4.90 Å². The Morgan fingerprint density at radius 3 is 2.71 bits per heavy atom. The van der Waals surface area contributed by atoms with Crippen molar-refractivity contribution in [3.8, 4) is 0 Å². The fourth-order valence-corrected chi connectivity index (χ4v) is 3.29. The Morgan fingerprint density at radius 1 is 1.33 bits per heavy atom. The molecule has 0 aliphatic carbocycles. The molecule has 6 heteroatoms. The molecule has 0 radical (unpaired) electrons. The second-order valence-electron chi connectivity index (χ2n) is 5.84. The van der Waals surface area contributed by atoms with Crippen LogP contribution in [0.25, 0.3) is 0 Å². The summed E-state index contributed by atoms with van der Waals surface area (Å²) in [6, 6.07) is 1.50. The summed E-state index contributed by atoms with van der Waals surface area (Å²) in [5, 5.41) is 4.41. The van der Waals surface area contributed by atoms with Crippen molar-refractivity contribution in [1.82, 2.24) is 14.7 Å². The standard InChI is InChI=1S/C15H22N4O2/c1-3-12(15(21)17-7-4-5-8-17)19-13-10-11(2)16-18(13)9-6-14(19)20/h10,12H,3-9H2,1-2H3/t12-/m0/s1. The van der Waals surface area contributed by atoms with Crippen LogP contribution in [0.5, 0.6) is 0 Å². The van der Waals surface area contributed by atoms with E-state index < -0.39 is 6.04 Å². The number of aromatic nitrogens is 2. The van der Waals surface area contributed by atoms with Gasteiger partial charge in [-0.3, -0.25) is 14.5 Å². The van der Waals surface area contributed by atoms with Gasteiger partial charge in [-0.2, -0.15) is 5.10 Å². The number of carbonyl (C=O) groups is 2. The Kier molecular flexibility index (Phi) is 3.69. The number of hydrogen-bond acceptors (Lipinski definition) is 3. The normalized spacial score (nSPS) is 19.8. The van der Waals surface area contributed by atoms with Crippen molar-refractivity contribution in [2.24, 2.45) is 0 Å². The number of fused-ring (bicyclic) bond motifs is 1. The molecule has 1 aromatic heterocycles. The van der Waals surface area contributed by atoms with Crippen molar-refractivity contribution in [3.05, 3.63) is 11.8 Å². The minimum absolute atomic E-state index is 0.0294. The molecule has 0 spiro atoms. The van der Waals surface area contributed by atoms with Crippen LogP contribution in [0.3, 0.4) is 0 Å². The van der Waals surface area contributed by atoms with Crippen LogP contribution in [-0.2, 0) is 16.1 Å². The third-order valence-corrected chi connectivity index (χ3v) is 4.34. The van der Waals surface area contributed by atoms with Gasteiger partial charge in [0, 0.05) is 25.6 Å². The zero-order valence-electron chi connectivity index (χ0n) is 12.7. The summed E-state index contributed by atoms with van der Waals surface area (Å²) in [6.45, 7) is 6.11. The van der Waals surface area contributed by atoms with Gasteiger partial charge in [0.15, 0.2) is 0 Å². The first-order valence-corrected chi connectivity index (χ1v) is 7.77. The lowest BCUT2D eigenvalue weighted by Crippen LogP contribution is -2.52. The van der Waals surface area contributed by atoms with Crippen molar-refractivity contribution in [3.63, 3.8) is 0 Å². The van der Waals surface area contributed by atoms with Crippen LogP contribution in [-0.4, -0.2) is 45.6 Å². The zero-order chi connectivity index (χ0) is 15.0. The summed E-state index contributed by atoms with van der Waals surface area (Å²) in [5.41, 5.74) is 0.883. The average molecular weight is 290 g/mol. The molecule has 114 valence electrons. The maximum absolute atomic E-state index is 12.7. The van der Waals surface area contributed by atoms with Gasteiger partial charge in [-0.15, -0.1) is 0 Å². The van der Waals surface area contributed by atoms with Crippen LogP contribution >= 0.6 is 0 Å². The Balaban J connectivity index is 1.92. The molecule has 1 aromatic rings.